The molecular weight excluding hydrogens is 396 g/mol. The first-order chi connectivity index (χ1) is 14.0. The van der Waals surface area contributed by atoms with Gasteiger partial charge in [-0.2, -0.15) is 0 Å². The van der Waals surface area contributed by atoms with Crippen LogP contribution in [-0.4, -0.2) is 17.3 Å². The predicted molar refractivity (Wildman–Crippen MR) is 128 cm³/mol. The minimum absolute atomic E-state index is 0.0696. The molecule has 3 nitrogen and oxygen atoms in total. The highest BCUT2D eigenvalue weighted by Crippen LogP contribution is 2.37. The number of carbonyl (C=O) groups is 1. The van der Waals surface area contributed by atoms with Gasteiger partial charge >= 0.3 is 0 Å². The Kier molecular flexibility index (Phi) is 5.51. The number of aryl methyl sites for hydroxylation is 1. The molecule has 1 aliphatic rings. The first kappa shape index (κ1) is 19.4. The number of benzene rings is 3. The first-order valence-electron chi connectivity index (χ1n) is 9.27. The first-order valence-corrected chi connectivity index (χ1v) is 10.5. The SMILES string of the molecule is Cc1ccccc1N1C(=O)/C(=C\c2ccc(N(C)c3ccccc3)cc2)SC1=S. The third-order valence-electron chi connectivity index (χ3n) is 4.87. The molecule has 0 bridgehead atoms. The molecule has 144 valence electrons. The predicted octanol–water partition coefficient (Wildman–Crippen LogP) is 6.17. The number of rotatable bonds is 4. The van der Waals surface area contributed by atoms with E-state index in [1.165, 1.54) is 11.8 Å². The highest BCUT2D eigenvalue weighted by atomic mass is 32.2. The zero-order valence-corrected chi connectivity index (χ0v) is 17.8. The van der Waals surface area contributed by atoms with Crippen LogP contribution in [0.15, 0.2) is 83.8 Å². The highest BCUT2D eigenvalue weighted by Gasteiger charge is 2.33. The summed E-state index contributed by atoms with van der Waals surface area (Å²) in [6.07, 6.45) is 1.91. The molecule has 1 aliphatic heterocycles. The minimum Gasteiger partial charge on any atom is -0.345 e. The summed E-state index contributed by atoms with van der Waals surface area (Å²) >= 11 is 6.83. The van der Waals surface area contributed by atoms with Gasteiger partial charge in [-0.1, -0.05) is 72.5 Å². The van der Waals surface area contributed by atoms with E-state index >= 15 is 0 Å². The number of para-hydroxylation sites is 2. The Bertz CT molecular complexity index is 1090. The maximum atomic E-state index is 13.0. The quantitative estimate of drug-likeness (QED) is 0.375. The molecule has 5 heteroatoms. The summed E-state index contributed by atoms with van der Waals surface area (Å²) in [6.45, 7) is 1.99. The Labute approximate surface area is 180 Å². The molecule has 0 saturated carbocycles. The Morgan fingerprint density at radius 2 is 1.52 bits per heavy atom. The van der Waals surface area contributed by atoms with E-state index < -0.39 is 0 Å². The van der Waals surface area contributed by atoms with Gasteiger partial charge in [0.2, 0.25) is 0 Å². The number of nitrogens with zero attached hydrogens (tertiary/aromatic N) is 2. The number of anilines is 3. The molecule has 0 aliphatic carbocycles. The van der Waals surface area contributed by atoms with Crippen molar-refractivity contribution >= 4 is 57.3 Å². The van der Waals surface area contributed by atoms with Crippen molar-refractivity contribution in [2.75, 3.05) is 16.8 Å². The summed E-state index contributed by atoms with van der Waals surface area (Å²) in [4.78, 5) is 17.4. The van der Waals surface area contributed by atoms with Crippen molar-refractivity contribution in [2.45, 2.75) is 6.92 Å². The van der Waals surface area contributed by atoms with Gasteiger partial charge in [0.15, 0.2) is 4.32 Å². The molecule has 0 spiro atoms. The van der Waals surface area contributed by atoms with E-state index in [1.807, 2.05) is 74.6 Å². The molecule has 1 fully saturated rings. The largest absolute Gasteiger partial charge is 0.345 e. The lowest BCUT2D eigenvalue weighted by Crippen LogP contribution is -2.28. The Morgan fingerprint density at radius 3 is 2.21 bits per heavy atom. The van der Waals surface area contributed by atoms with E-state index in [4.69, 9.17) is 12.2 Å². The Balaban J connectivity index is 1.56. The van der Waals surface area contributed by atoms with Crippen LogP contribution >= 0.6 is 24.0 Å². The summed E-state index contributed by atoms with van der Waals surface area (Å²) < 4.78 is 0.566. The third-order valence-corrected chi connectivity index (χ3v) is 6.17. The maximum absolute atomic E-state index is 13.0. The van der Waals surface area contributed by atoms with Crippen LogP contribution in [0.3, 0.4) is 0 Å². The molecular formula is C24H20N2OS2. The lowest BCUT2D eigenvalue weighted by Gasteiger charge is -2.19. The molecule has 0 unspecified atom stereocenters. The van der Waals surface area contributed by atoms with Crippen LogP contribution in [-0.2, 0) is 4.79 Å². The molecule has 0 atom stereocenters. The van der Waals surface area contributed by atoms with Crippen LogP contribution in [0.4, 0.5) is 17.1 Å². The molecule has 1 saturated heterocycles. The van der Waals surface area contributed by atoms with Crippen molar-refractivity contribution in [3.8, 4) is 0 Å². The Morgan fingerprint density at radius 1 is 0.897 bits per heavy atom. The minimum atomic E-state index is -0.0696. The van der Waals surface area contributed by atoms with Gasteiger partial charge in [-0.15, -0.1) is 0 Å². The van der Waals surface area contributed by atoms with Gasteiger partial charge in [-0.25, -0.2) is 0 Å². The number of hydrogen-bond acceptors (Lipinski definition) is 4. The number of thiocarbonyl (C=S) groups is 1. The molecule has 4 rings (SSSR count). The van der Waals surface area contributed by atoms with Crippen LogP contribution in [0.5, 0.6) is 0 Å². The zero-order chi connectivity index (χ0) is 20.4. The zero-order valence-electron chi connectivity index (χ0n) is 16.2. The van der Waals surface area contributed by atoms with Crippen molar-refractivity contribution in [3.05, 3.63) is 94.9 Å². The molecule has 3 aromatic carbocycles. The second-order valence-electron chi connectivity index (χ2n) is 6.79. The molecule has 29 heavy (non-hydrogen) atoms. The maximum Gasteiger partial charge on any atom is 0.270 e. The normalized spacial score (nSPS) is 15.2. The number of carbonyl (C=O) groups excluding carboxylic acids is 1. The van der Waals surface area contributed by atoms with E-state index in [1.54, 1.807) is 4.90 Å². The van der Waals surface area contributed by atoms with Gasteiger partial charge in [-0.3, -0.25) is 9.69 Å². The van der Waals surface area contributed by atoms with Crippen molar-refractivity contribution < 1.29 is 4.79 Å². The van der Waals surface area contributed by atoms with Crippen LogP contribution < -0.4 is 9.80 Å². The smallest absolute Gasteiger partial charge is 0.270 e. The van der Waals surface area contributed by atoms with Crippen LogP contribution in [0.25, 0.3) is 6.08 Å². The summed E-state index contributed by atoms with van der Waals surface area (Å²) in [6, 6.07) is 26.2. The average molecular weight is 417 g/mol. The van der Waals surface area contributed by atoms with Gasteiger partial charge in [0.05, 0.1) is 10.6 Å². The van der Waals surface area contributed by atoms with Gasteiger partial charge in [-0.05, 0) is 54.5 Å². The van der Waals surface area contributed by atoms with Crippen molar-refractivity contribution in [1.29, 1.82) is 0 Å². The van der Waals surface area contributed by atoms with Crippen LogP contribution in [0, 0.1) is 6.92 Å². The van der Waals surface area contributed by atoms with E-state index in [-0.39, 0.29) is 5.91 Å². The summed E-state index contributed by atoms with van der Waals surface area (Å²) in [5, 5.41) is 0. The van der Waals surface area contributed by atoms with E-state index in [2.05, 4.69) is 29.2 Å². The van der Waals surface area contributed by atoms with Crippen molar-refractivity contribution in [2.24, 2.45) is 0 Å². The average Bonchev–Trinajstić information content (AvgIpc) is 3.02. The van der Waals surface area contributed by atoms with Gasteiger partial charge in [0, 0.05) is 18.4 Å². The van der Waals surface area contributed by atoms with Crippen LogP contribution in [0.2, 0.25) is 0 Å². The third kappa shape index (κ3) is 3.97. The lowest BCUT2D eigenvalue weighted by molar-refractivity contribution is -0.113. The number of hydrogen-bond donors (Lipinski definition) is 0. The fraction of sp³-hybridized carbons (Fsp3) is 0.0833. The van der Waals surface area contributed by atoms with Crippen molar-refractivity contribution in [3.63, 3.8) is 0 Å². The monoisotopic (exact) mass is 416 g/mol. The molecule has 1 amide bonds. The molecule has 0 aromatic heterocycles. The molecule has 3 aromatic rings. The second-order valence-corrected chi connectivity index (χ2v) is 8.47. The summed E-state index contributed by atoms with van der Waals surface area (Å²) in [5.74, 6) is -0.0696. The van der Waals surface area contributed by atoms with Crippen LogP contribution in [0.1, 0.15) is 11.1 Å². The molecule has 0 radical (unpaired) electrons. The fourth-order valence-corrected chi connectivity index (χ4v) is 4.52. The topological polar surface area (TPSA) is 23.6 Å². The number of amides is 1. The fourth-order valence-electron chi connectivity index (χ4n) is 3.24. The van der Waals surface area contributed by atoms with Gasteiger partial charge in [0.25, 0.3) is 5.91 Å². The van der Waals surface area contributed by atoms with Gasteiger partial charge in [0.1, 0.15) is 0 Å². The summed E-state index contributed by atoms with van der Waals surface area (Å²) in [5.41, 5.74) is 5.05. The number of thioether (sulfide) groups is 1. The van der Waals surface area contributed by atoms with E-state index in [0.717, 1.165) is 28.2 Å². The molecule has 0 N–H and O–H groups in total. The lowest BCUT2D eigenvalue weighted by atomic mass is 10.1. The van der Waals surface area contributed by atoms with Crippen molar-refractivity contribution in [1.82, 2.24) is 0 Å². The summed E-state index contributed by atoms with van der Waals surface area (Å²) in [7, 11) is 2.04. The van der Waals surface area contributed by atoms with E-state index in [0.29, 0.717) is 9.23 Å². The van der Waals surface area contributed by atoms with E-state index in [9.17, 15) is 4.79 Å². The highest BCUT2D eigenvalue weighted by molar-refractivity contribution is 8.27. The standard InChI is InChI=1S/C24H20N2OS2/c1-17-8-6-7-11-21(17)26-23(27)22(29-24(26)28)16-18-12-14-20(15-13-18)25(2)19-9-4-3-5-10-19/h3-16H,1-2H3/b22-16+. The molecule has 1 heterocycles. The Hall–Kier alpha value is -2.89. The van der Waals surface area contributed by atoms with Gasteiger partial charge < -0.3 is 4.90 Å². The second kappa shape index (κ2) is 8.23.